The van der Waals surface area contributed by atoms with Gasteiger partial charge in [-0.2, -0.15) is 0 Å². The van der Waals surface area contributed by atoms with E-state index in [4.69, 9.17) is 5.73 Å². The predicted molar refractivity (Wildman–Crippen MR) is 68.9 cm³/mol. The lowest BCUT2D eigenvalue weighted by Crippen LogP contribution is -2.23. The van der Waals surface area contributed by atoms with Crippen LogP contribution in [0.3, 0.4) is 0 Å². The molecule has 2 heterocycles. The Kier molecular flexibility index (Phi) is 3.39. The zero-order valence-electron chi connectivity index (χ0n) is 9.43. The third-order valence-electron chi connectivity index (χ3n) is 2.36. The Bertz CT molecular complexity index is 523. The van der Waals surface area contributed by atoms with E-state index in [9.17, 15) is 4.79 Å². The summed E-state index contributed by atoms with van der Waals surface area (Å²) < 4.78 is 0. The van der Waals surface area contributed by atoms with Gasteiger partial charge in [0.15, 0.2) is 0 Å². The molecule has 0 atom stereocenters. The van der Waals surface area contributed by atoms with Crippen LogP contribution in [0.4, 0.5) is 5.69 Å². The number of rotatable bonds is 3. The topological polar surface area (TPSA) is 68.0 Å². The van der Waals surface area contributed by atoms with Gasteiger partial charge >= 0.3 is 0 Å². The number of nitrogens with one attached hydrogen (secondary N) is 1. The minimum atomic E-state index is -0.143. The van der Waals surface area contributed by atoms with E-state index in [0.717, 1.165) is 4.88 Å². The number of pyridine rings is 1. The molecule has 0 bridgehead atoms. The van der Waals surface area contributed by atoms with E-state index in [1.54, 1.807) is 30.5 Å². The SMILES string of the molecule is Cc1ncc(N)cc1C(=O)NCc1cccs1. The highest BCUT2D eigenvalue weighted by atomic mass is 32.1. The number of nitrogens with two attached hydrogens (primary N) is 1. The second-order valence-corrected chi connectivity index (χ2v) is 4.70. The number of carbonyl (C=O) groups excluding carboxylic acids is 1. The predicted octanol–water partition coefficient (Wildman–Crippen LogP) is 1.96. The lowest BCUT2D eigenvalue weighted by molar-refractivity contribution is 0.0950. The smallest absolute Gasteiger partial charge is 0.253 e. The van der Waals surface area contributed by atoms with Crippen LogP contribution in [0.25, 0.3) is 0 Å². The molecule has 0 saturated heterocycles. The van der Waals surface area contributed by atoms with Crippen LogP contribution < -0.4 is 11.1 Å². The van der Waals surface area contributed by atoms with Crippen molar-refractivity contribution in [3.05, 3.63) is 45.9 Å². The largest absolute Gasteiger partial charge is 0.397 e. The fourth-order valence-corrected chi connectivity index (χ4v) is 2.10. The maximum absolute atomic E-state index is 11.9. The van der Waals surface area contributed by atoms with Crippen molar-refractivity contribution in [2.24, 2.45) is 0 Å². The second kappa shape index (κ2) is 4.97. The van der Waals surface area contributed by atoms with Crippen LogP contribution in [0.15, 0.2) is 29.8 Å². The normalized spacial score (nSPS) is 10.2. The third kappa shape index (κ3) is 2.82. The number of nitrogens with zero attached hydrogens (tertiary/aromatic N) is 1. The Morgan fingerprint density at radius 1 is 1.59 bits per heavy atom. The van der Waals surface area contributed by atoms with Gasteiger partial charge in [-0.3, -0.25) is 9.78 Å². The van der Waals surface area contributed by atoms with Crippen molar-refractivity contribution in [3.63, 3.8) is 0 Å². The number of aryl methyl sites for hydroxylation is 1. The highest BCUT2D eigenvalue weighted by Gasteiger charge is 2.10. The first-order valence-corrected chi connectivity index (χ1v) is 6.07. The Labute approximate surface area is 103 Å². The van der Waals surface area contributed by atoms with E-state index in [2.05, 4.69) is 10.3 Å². The van der Waals surface area contributed by atoms with E-state index in [-0.39, 0.29) is 5.91 Å². The van der Waals surface area contributed by atoms with Crippen molar-refractivity contribution in [2.45, 2.75) is 13.5 Å². The Morgan fingerprint density at radius 2 is 2.41 bits per heavy atom. The van der Waals surface area contributed by atoms with Gasteiger partial charge in [0.25, 0.3) is 5.91 Å². The zero-order chi connectivity index (χ0) is 12.3. The summed E-state index contributed by atoms with van der Waals surface area (Å²) in [6.45, 7) is 2.32. The molecule has 2 aromatic rings. The van der Waals surface area contributed by atoms with Crippen molar-refractivity contribution in [3.8, 4) is 0 Å². The second-order valence-electron chi connectivity index (χ2n) is 3.66. The fourth-order valence-electron chi connectivity index (χ4n) is 1.45. The molecule has 4 nitrogen and oxygen atoms in total. The molecule has 2 rings (SSSR count). The molecule has 2 aromatic heterocycles. The Morgan fingerprint density at radius 3 is 3.12 bits per heavy atom. The highest BCUT2D eigenvalue weighted by molar-refractivity contribution is 7.09. The van der Waals surface area contributed by atoms with Crippen molar-refractivity contribution < 1.29 is 4.79 Å². The summed E-state index contributed by atoms with van der Waals surface area (Å²) in [6, 6.07) is 5.58. The van der Waals surface area contributed by atoms with Crippen LogP contribution >= 0.6 is 11.3 Å². The van der Waals surface area contributed by atoms with E-state index >= 15 is 0 Å². The molecule has 0 spiro atoms. The molecule has 3 N–H and O–H groups in total. The van der Waals surface area contributed by atoms with Gasteiger partial charge in [-0.25, -0.2) is 0 Å². The summed E-state index contributed by atoms with van der Waals surface area (Å²) >= 11 is 1.61. The number of hydrogen-bond donors (Lipinski definition) is 2. The summed E-state index contributed by atoms with van der Waals surface area (Å²) in [7, 11) is 0. The molecule has 0 fully saturated rings. The van der Waals surface area contributed by atoms with Gasteiger partial charge in [-0.1, -0.05) is 6.07 Å². The van der Waals surface area contributed by atoms with Crippen molar-refractivity contribution in [1.29, 1.82) is 0 Å². The molecular formula is C12H13N3OS. The monoisotopic (exact) mass is 247 g/mol. The van der Waals surface area contributed by atoms with Gasteiger partial charge < -0.3 is 11.1 Å². The van der Waals surface area contributed by atoms with Gasteiger partial charge in [0.2, 0.25) is 0 Å². The molecule has 88 valence electrons. The van der Waals surface area contributed by atoms with Gasteiger partial charge in [0, 0.05) is 4.88 Å². The van der Waals surface area contributed by atoms with Crippen LogP contribution in [0.2, 0.25) is 0 Å². The number of amides is 1. The van der Waals surface area contributed by atoms with Gasteiger partial charge in [-0.15, -0.1) is 11.3 Å². The van der Waals surface area contributed by atoms with Crippen LogP contribution in [0.1, 0.15) is 20.9 Å². The molecule has 0 aliphatic rings. The van der Waals surface area contributed by atoms with Crippen LogP contribution in [-0.4, -0.2) is 10.9 Å². The first-order chi connectivity index (χ1) is 8.16. The quantitative estimate of drug-likeness (QED) is 0.871. The maximum Gasteiger partial charge on any atom is 0.253 e. The minimum Gasteiger partial charge on any atom is -0.397 e. The van der Waals surface area contributed by atoms with E-state index < -0.39 is 0 Å². The van der Waals surface area contributed by atoms with E-state index in [1.807, 2.05) is 17.5 Å². The standard InChI is InChI=1S/C12H13N3OS/c1-8-11(5-9(13)6-14-8)12(16)15-7-10-3-2-4-17-10/h2-6H,7,13H2,1H3,(H,15,16). The van der Waals surface area contributed by atoms with E-state index in [1.165, 1.54) is 0 Å². The molecule has 0 aliphatic heterocycles. The van der Waals surface area contributed by atoms with Crippen LogP contribution in [0, 0.1) is 6.92 Å². The fraction of sp³-hybridized carbons (Fsp3) is 0.167. The molecule has 0 unspecified atom stereocenters. The van der Waals surface area contributed by atoms with Crippen molar-refractivity contribution >= 4 is 22.9 Å². The van der Waals surface area contributed by atoms with Crippen LogP contribution in [0.5, 0.6) is 0 Å². The molecular weight excluding hydrogens is 234 g/mol. The lowest BCUT2D eigenvalue weighted by Gasteiger charge is -2.06. The van der Waals surface area contributed by atoms with Crippen molar-refractivity contribution in [2.75, 3.05) is 5.73 Å². The summed E-state index contributed by atoms with van der Waals surface area (Å²) in [5.74, 6) is -0.143. The van der Waals surface area contributed by atoms with Crippen LogP contribution in [-0.2, 0) is 6.54 Å². The van der Waals surface area contributed by atoms with Gasteiger partial charge in [-0.05, 0) is 24.4 Å². The number of nitrogen functional groups attached to an aromatic ring is 1. The molecule has 0 radical (unpaired) electrons. The molecule has 0 aliphatic carbocycles. The van der Waals surface area contributed by atoms with Gasteiger partial charge in [0.1, 0.15) is 0 Å². The number of anilines is 1. The lowest BCUT2D eigenvalue weighted by atomic mass is 10.2. The highest BCUT2D eigenvalue weighted by Crippen LogP contribution is 2.11. The number of thiophene rings is 1. The zero-order valence-corrected chi connectivity index (χ0v) is 10.3. The summed E-state index contributed by atoms with van der Waals surface area (Å²) in [5.41, 5.74) is 7.33. The van der Waals surface area contributed by atoms with Crippen molar-refractivity contribution in [1.82, 2.24) is 10.3 Å². The average Bonchev–Trinajstić information content (AvgIpc) is 2.82. The Balaban J connectivity index is 2.07. The molecule has 0 aromatic carbocycles. The first kappa shape index (κ1) is 11.6. The minimum absolute atomic E-state index is 0.143. The number of hydrogen-bond acceptors (Lipinski definition) is 4. The molecule has 1 amide bonds. The summed E-state index contributed by atoms with van der Waals surface area (Å²) in [5, 5.41) is 4.83. The average molecular weight is 247 g/mol. The Hall–Kier alpha value is -1.88. The molecule has 0 saturated carbocycles. The number of aromatic nitrogens is 1. The summed E-state index contributed by atoms with van der Waals surface area (Å²) in [6.07, 6.45) is 1.55. The van der Waals surface area contributed by atoms with Gasteiger partial charge in [0.05, 0.1) is 29.7 Å². The first-order valence-electron chi connectivity index (χ1n) is 5.19. The molecule has 5 heteroatoms. The maximum atomic E-state index is 11.9. The molecule has 17 heavy (non-hydrogen) atoms. The summed E-state index contributed by atoms with van der Waals surface area (Å²) in [4.78, 5) is 17.1. The third-order valence-corrected chi connectivity index (χ3v) is 3.23. The van der Waals surface area contributed by atoms with E-state index in [0.29, 0.717) is 23.5 Å². The number of carbonyl (C=O) groups is 1.